The molecule has 22 heavy (non-hydrogen) atoms. The highest BCUT2D eigenvalue weighted by Crippen LogP contribution is 2.36. The van der Waals surface area contributed by atoms with Crippen molar-refractivity contribution in [2.24, 2.45) is 0 Å². The summed E-state index contributed by atoms with van der Waals surface area (Å²) in [4.78, 5) is 1.91. The average Bonchev–Trinajstić information content (AvgIpc) is 2.95. The molecule has 0 atom stereocenters. The summed E-state index contributed by atoms with van der Waals surface area (Å²) in [5.74, 6) is 0.351. The zero-order valence-corrected chi connectivity index (χ0v) is 12.6. The van der Waals surface area contributed by atoms with Crippen LogP contribution in [0.1, 0.15) is 0 Å². The van der Waals surface area contributed by atoms with Crippen LogP contribution in [0.3, 0.4) is 0 Å². The highest BCUT2D eigenvalue weighted by Gasteiger charge is 2.13. The third kappa shape index (κ3) is 2.55. The van der Waals surface area contributed by atoms with Gasteiger partial charge in [0.05, 0.1) is 17.4 Å². The number of H-pyrrole nitrogens is 1. The third-order valence-corrected chi connectivity index (χ3v) is 3.44. The molecule has 0 aliphatic rings. The maximum absolute atomic E-state index is 14.1. The van der Waals surface area contributed by atoms with E-state index in [0.29, 0.717) is 11.4 Å². The van der Waals surface area contributed by atoms with Crippen molar-refractivity contribution in [3.8, 4) is 11.5 Å². The lowest BCUT2D eigenvalue weighted by molar-refractivity contribution is 0.443. The molecule has 3 rings (SSSR count). The van der Waals surface area contributed by atoms with Crippen molar-refractivity contribution in [1.29, 1.82) is 0 Å². The largest absolute Gasteiger partial charge is 0.452 e. The lowest BCUT2D eigenvalue weighted by Gasteiger charge is -2.18. The van der Waals surface area contributed by atoms with E-state index in [4.69, 9.17) is 4.74 Å². The van der Waals surface area contributed by atoms with Gasteiger partial charge in [0, 0.05) is 38.3 Å². The van der Waals surface area contributed by atoms with Crippen molar-refractivity contribution in [3.63, 3.8) is 0 Å². The number of aromatic amines is 1. The van der Waals surface area contributed by atoms with Gasteiger partial charge in [-0.25, -0.2) is 4.39 Å². The van der Waals surface area contributed by atoms with Crippen LogP contribution >= 0.6 is 0 Å². The zero-order chi connectivity index (χ0) is 15.7. The topological polar surface area (TPSA) is 53.2 Å². The first-order valence-corrected chi connectivity index (χ1v) is 6.88. The quantitative estimate of drug-likeness (QED) is 0.773. The molecule has 2 N–H and O–H groups in total. The number of aromatic nitrogens is 2. The Morgan fingerprint density at radius 1 is 1.18 bits per heavy atom. The van der Waals surface area contributed by atoms with Crippen LogP contribution in [0.5, 0.6) is 11.5 Å². The highest BCUT2D eigenvalue weighted by molar-refractivity contribution is 5.85. The lowest BCUT2D eigenvalue weighted by Crippen LogP contribution is -2.10. The van der Waals surface area contributed by atoms with Gasteiger partial charge < -0.3 is 15.0 Å². The van der Waals surface area contributed by atoms with Gasteiger partial charge >= 0.3 is 0 Å². The maximum Gasteiger partial charge on any atom is 0.167 e. The molecule has 0 radical (unpaired) electrons. The fraction of sp³-hybridized carbons (Fsp3) is 0.188. The molecule has 0 spiro atoms. The SMILES string of the molecule is CNc1ccc(Oc2cc3cn[nH]c3cc2N(C)C)c(F)c1. The van der Waals surface area contributed by atoms with Crippen LogP contribution in [0.15, 0.2) is 36.5 Å². The molecule has 0 aliphatic heterocycles. The molecular weight excluding hydrogens is 283 g/mol. The molecule has 1 aromatic heterocycles. The lowest BCUT2D eigenvalue weighted by atomic mass is 10.2. The predicted molar refractivity (Wildman–Crippen MR) is 86.4 cm³/mol. The highest BCUT2D eigenvalue weighted by atomic mass is 19.1. The van der Waals surface area contributed by atoms with E-state index in [9.17, 15) is 4.39 Å². The number of nitrogens with one attached hydrogen (secondary N) is 2. The second kappa shape index (κ2) is 5.55. The first kappa shape index (κ1) is 14.2. The third-order valence-electron chi connectivity index (χ3n) is 3.44. The number of nitrogens with zero attached hydrogens (tertiary/aromatic N) is 2. The number of halogens is 1. The van der Waals surface area contributed by atoms with Crippen molar-refractivity contribution in [2.75, 3.05) is 31.4 Å². The fourth-order valence-corrected chi connectivity index (χ4v) is 2.25. The van der Waals surface area contributed by atoms with Crippen LogP contribution < -0.4 is 15.0 Å². The molecule has 0 aliphatic carbocycles. The predicted octanol–water partition coefficient (Wildman–Crippen LogP) is 3.60. The van der Waals surface area contributed by atoms with Crippen LogP contribution in [0.25, 0.3) is 10.9 Å². The van der Waals surface area contributed by atoms with Crippen LogP contribution in [-0.2, 0) is 0 Å². The molecule has 0 bridgehead atoms. The Hall–Kier alpha value is -2.76. The summed E-state index contributed by atoms with van der Waals surface area (Å²) in [6.45, 7) is 0. The zero-order valence-electron chi connectivity index (χ0n) is 12.6. The van der Waals surface area contributed by atoms with E-state index in [1.165, 1.54) is 6.07 Å². The van der Waals surface area contributed by atoms with E-state index >= 15 is 0 Å². The second-order valence-corrected chi connectivity index (χ2v) is 5.17. The Bertz CT molecular complexity index is 813. The average molecular weight is 300 g/mol. The monoisotopic (exact) mass is 300 g/mol. The van der Waals surface area contributed by atoms with Gasteiger partial charge in [-0.1, -0.05) is 0 Å². The summed E-state index contributed by atoms with van der Waals surface area (Å²) in [6, 6.07) is 8.56. The first-order chi connectivity index (χ1) is 10.6. The van der Waals surface area contributed by atoms with Gasteiger partial charge in [-0.05, 0) is 24.3 Å². The normalized spacial score (nSPS) is 10.7. The van der Waals surface area contributed by atoms with E-state index in [0.717, 1.165) is 16.6 Å². The number of anilines is 2. The first-order valence-electron chi connectivity index (χ1n) is 6.88. The van der Waals surface area contributed by atoms with Crippen molar-refractivity contribution in [2.45, 2.75) is 0 Å². The summed E-state index contributed by atoms with van der Waals surface area (Å²) in [5, 5.41) is 10.7. The minimum atomic E-state index is -0.413. The van der Waals surface area contributed by atoms with Gasteiger partial charge in [0.15, 0.2) is 17.3 Å². The van der Waals surface area contributed by atoms with Gasteiger partial charge in [0.1, 0.15) is 0 Å². The van der Waals surface area contributed by atoms with Crippen LogP contribution in [0.2, 0.25) is 0 Å². The van der Waals surface area contributed by atoms with Gasteiger partial charge in [0.25, 0.3) is 0 Å². The second-order valence-electron chi connectivity index (χ2n) is 5.17. The van der Waals surface area contributed by atoms with Crippen LogP contribution in [-0.4, -0.2) is 31.3 Å². The maximum atomic E-state index is 14.1. The number of ether oxygens (including phenoxy) is 1. The van der Waals surface area contributed by atoms with Gasteiger partial charge in [0.2, 0.25) is 0 Å². The molecule has 5 nitrogen and oxygen atoms in total. The Morgan fingerprint density at radius 3 is 2.68 bits per heavy atom. The Kier molecular flexibility index (Phi) is 3.58. The molecule has 0 unspecified atom stereocenters. The van der Waals surface area contributed by atoms with E-state index in [-0.39, 0.29) is 5.75 Å². The van der Waals surface area contributed by atoms with E-state index < -0.39 is 5.82 Å². The molecule has 0 amide bonds. The number of hydrogen-bond donors (Lipinski definition) is 2. The summed E-state index contributed by atoms with van der Waals surface area (Å²) < 4.78 is 19.9. The minimum Gasteiger partial charge on any atom is -0.452 e. The molecule has 0 saturated carbocycles. The van der Waals surface area contributed by atoms with Gasteiger partial charge in [-0.3, -0.25) is 5.10 Å². The van der Waals surface area contributed by atoms with Crippen molar-refractivity contribution < 1.29 is 9.13 Å². The van der Waals surface area contributed by atoms with Crippen LogP contribution in [0, 0.1) is 5.82 Å². The van der Waals surface area contributed by atoms with E-state index in [1.807, 2.05) is 31.1 Å². The molecule has 0 saturated heterocycles. The number of rotatable bonds is 4. The summed E-state index contributed by atoms with van der Waals surface area (Å²) >= 11 is 0. The Labute approximate surface area is 127 Å². The minimum absolute atomic E-state index is 0.185. The summed E-state index contributed by atoms with van der Waals surface area (Å²) in [6.07, 6.45) is 1.71. The standard InChI is InChI=1S/C16H17FN4O/c1-18-11-4-5-15(12(17)7-11)22-16-6-10-9-19-20-13(10)8-14(16)21(2)3/h4-9,18H,1-3H3,(H,19,20). The molecule has 0 fully saturated rings. The van der Waals surface area contributed by atoms with Crippen molar-refractivity contribution >= 4 is 22.3 Å². The summed E-state index contributed by atoms with van der Waals surface area (Å²) in [7, 11) is 5.56. The molecule has 114 valence electrons. The van der Waals surface area contributed by atoms with Gasteiger partial charge in [-0.2, -0.15) is 5.10 Å². The van der Waals surface area contributed by atoms with Crippen molar-refractivity contribution in [1.82, 2.24) is 10.2 Å². The van der Waals surface area contributed by atoms with Crippen molar-refractivity contribution in [3.05, 3.63) is 42.3 Å². The number of benzene rings is 2. The Balaban J connectivity index is 2.03. The molecule has 1 heterocycles. The van der Waals surface area contributed by atoms with E-state index in [1.54, 1.807) is 25.4 Å². The van der Waals surface area contributed by atoms with Gasteiger partial charge in [-0.15, -0.1) is 0 Å². The summed E-state index contributed by atoms with van der Waals surface area (Å²) in [5.41, 5.74) is 2.44. The number of fused-ring (bicyclic) bond motifs is 1. The molecule has 2 aromatic carbocycles. The fourth-order valence-electron chi connectivity index (χ4n) is 2.25. The molecule has 3 aromatic rings. The molecular formula is C16H17FN4O. The Morgan fingerprint density at radius 2 is 2.00 bits per heavy atom. The smallest absolute Gasteiger partial charge is 0.167 e. The van der Waals surface area contributed by atoms with E-state index in [2.05, 4.69) is 15.5 Å². The van der Waals surface area contributed by atoms with Crippen LogP contribution in [0.4, 0.5) is 15.8 Å². The number of hydrogen-bond acceptors (Lipinski definition) is 4. The molecule has 6 heteroatoms.